The minimum absolute atomic E-state index is 0.341. The van der Waals surface area contributed by atoms with E-state index >= 15 is 0 Å². The summed E-state index contributed by atoms with van der Waals surface area (Å²) in [5.41, 5.74) is 7.69. The molecule has 0 radical (unpaired) electrons. The summed E-state index contributed by atoms with van der Waals surface area (Å²) in [4.78, 5) is 4.36. The number of nitrogens with two attached hydrogens (primary N) is 1. The Kier molecular flexibility index (Phi) is 4.25. The molecule has 0 amide bonds. The molecule has 0 aliphatic carbocycles. The molecule has 0 spiro atoms. The van der Waals surface area contributed by atoms with Gasteiger partial charge in [-0.3, -0.25) is 0 Å². The first-order chi connectivity index (χ1) is 8.69. The van der Waals surface area contributed by atoms with E-state index in [9.17, 15) is 0 Å². The highest BCUT2D eigenvalue weighted by Crippen LogP contribution is 2.21. The van der Waals surface area contributed by atoms with Gasteiger partial charge in [-0.05, 0) is 29.9 Å². The zero-order chi connectivity index (χ0) is 13.0. The third-order valence-electron chi connectivity index (χ3n) is 2.77. The maximum atomic E-state index is 5.67. The number of nitrogen functional groups attached to an aromatic ring is 1. The molecule has 0 saturated carbocycles. The van der Waals surface area contributed by atoms with Gasteiger partial charge in [-0.15, -0.1) is 0 Å². The Hall–Kier alpha value is -1.49. The summed E-state index contributed by atoms with van der Waals surface area (Å²) >= 11 is 1.69. The Balaban J connectivity index is 2.01. The maximum Gasteiger partial charge on any atom is 0.227 e. The highest BCUT2D eigenvalue weighted by Gasteiger charge is 2.12. The van der Waals surface area contributed by atoms with Gasteiger partial charge in [0.2, 0.25) is 5.89 Å². The first-order valence-electron chi connectivity index (χ1n) is 5.85. The van der Waals surface area contributed by atoms with Gasteiger partial charge in [0.15, 0.2) is 5.82 Å². The van der Waals surface area contributed by atoms with Crippen LogP contribution in [0, 0.1) is 0 Å². The van der Waals surface area contributed by atoms with Crippen molar-refractivity contribution in [3.63, 3.8) is 0 Å². The van der Waals surface area contributed by atoms with Gasteiger partial charge in [0.05, 0.1) is 5.75 Å². The van der Waals surface area contributed by atoms with E-state index in [-0.39, 0.29) is 0 Å². The number of anilines is 1. The lowest BCUT2D eigenvalue weighted by Crippen LogP contribution is -1.99. The largest absolute Gasteiger partial charge is 0.399 e. The molecular formula is C13H17N3OS. The number of hydrogen-bond donors (Lipinski definition) is 1. The molecule has 0 aliphatic rings. The Labute approximate surface area is 111 Å². The van der Waals surface area contributed by atoms with Gasteiger partial charge in [0.25, 0.3) is 0 Å². The topological polar surface area (TPSA) is 64.9 Å². The highest BCUT2D eigenvalue weighted by molar-refractivity contribution is 7.97. The average molecular weight is 263 g/mol. The quantitative estimate of drug-likeness (QED) is 0.840. The van der Waals surface area contributed by atoms with Crippen molar-refractivity contribution in [2.24, 2.45) is 0 Å². The molecule has 1 atom stereocenters. The molecule has 1 aromatic heterocycles. The van der Waals surface area contributed by atoms with Crippen molar-refractivity contribution in [2.45, 2.75) is 25.0 Å². The van der Waals surface area contributed by atoms with Crippen LogP contribution >= 0.6 is 11.8 Å². The van der Waals surface area contributed by atoms with Crippen molar-refractivity contribution >= 4 is 17.4 Å². The number of aromatic nitrogens is 2. The van der Waals surface area contributed by atoms with Crippen molar-refractivity contribution in [2.75, 3.05) is 12.0 Å². The minimum Gasteiger partial charge on any atom is -0.399 e. The first kappa shape index (κ1) is 13.0. The third kappa shape index (κ3) is 3.26. The van der Waals surface area contributed by atoms with Crippen molar-refractivity contribution in [3.05, 3.63) is 41.5 Å². The van der Waals surface area contributed by atoms with Crippen molar-refractivity contribution < 1.29 is 4.52 Å². The number of benzene rings is 1. The summed E-state index contributed by atoms with van der Waals surface area (Å²) in [7, 11) is 0. The van der Waals surface area contributed by atoms with E-state index in [1.165, 1.54) is 5.56 Å². The fraction of sp³-hybridized carbons (Fsp3) is 0.385. The first-order valence-corrected chi connectivity index (χ1v) is 7.24. The fourth-order valence-electron chi connectivity index (χ4n) is 1.77. The molecule has 0 aliphatic heterocycles. The third-order valence-corrected chi connectivity index (χ3v) is 3.32. The molecule has 4 nitrogen and oxygen atoms in total. The summed E-state index contributed by atoms with van der Waals surface area (Å²) in [6.07, 6.45) is 2.78. The minimum atomic E-state index is 0.341. The van der Waals surface area contributed by atoms with Crippen LogP contribution in [0.2, 0.25) is 0 Å². The molecule has 2 aromatic rings. The van der Waals surface area contributed by atoms with Crippen LogP contribution in [0.5, 0.6) is 0 Å². The molecule has 5 heteroatoms. The second-order valence-electron chi connectivity index (χ2n) is 4.31. The number of thioether (sulfide) groups is 1. The zero-order valence-corrected chi connectivity index (χ0v) is 11.4. The van der Waals surface area contributed by atoms with E-state index in [2.05, 4.69) is 17.1 Å². The molecule has 2 N–H and O–H groups in total. The summed E-state index contributed by atoms with van der Waals surface area (Å²) in [6.45, 7) is 2.14. The van der Waals surface area contributed by atoms with Gasteiger partial charge >= 0.3 is 0 Å². The Morgan fingerprint density at radius 1 is 1.33 bits per heavy atom. The second-order valence-corrected chi connectivity index (χ2v) is 5.18. The molecule has 0 saturated heterocycles. The molecule has 0 fully saturated rings. The summed E-state index contributed by atoms with van der Waals surface area (Å²) in [5, 5.41) is 3.94. The smallest absolute Gasteiger partial charge is 0.227 e. The van der Waals surface area contributed by atoms with Gasteiger partial charge in [0.1, 0.15) is 0 Å². The Bertz CT molecular complexity index is 495. The molecule has 2 rings (SSSR count). The van der Waals surface area contributed by atoms with Gasteiger partial charge in [-0.2, -0.15) is 16.7 Å². The van der Waals surface area contributed by atoms with Crippen LogP contribution in [0.15, 0.2) is 28.8 Å². The lowest BCUT2D eigenvalue weighted by Gasteiger charge is -2.08. The summed E-state index contributed by atoms with van der Waals surface area (Å²) in [6, 6.07) is 7.91. The number of hydrogen-bond acceptors (Lipinski definition) is 5. The number of nitrogens with zero attached hydrogens (tertiary/aromatic N) is 2. The van der Waals surface area contributed by atoms with Gasteiger partial charge in [-0.1, -0.05) is 24.2 Å². The van der Waals surface area contributed by atoms with E-state index in [0.29, 0.717) is 11.8 Å². The Morgan fingerprint density at radius 3 is 2.72 bits per heavy atom. The highest BCUT2D eigenvalue weighted by atomic mass is 32.2. The summed E-state index contributed by atoms with van der Waals surface area (Å²) < 4.78 is 5.23. The predicted octanol–water partition coefficient (Wildman–Crippen LogP) is 2.86. The van der Waals surface area contributed by atoms with Crippen molar-refractivity contribution in [1.82, 2.24) is 10.1 Å². The normalized spacial score (nSPS) is 12.6. The van der Waals surface area contributed by atoms with Crippen molar-refractivity contribution in [1.29, 1.82) is 0 Å². The van der Waals surface area contributed by atoms with Crippen LogP contribution in [0.1, 0.15) is 30.1 Å². The molecule has 0 bridgehead atoms. The SMILES string of the molecule is CSCc1noc(CC(C)c2ccc(N)cc2)n1. The van der Waals surface area contributed by atoms with Crippen LogP contribution < -0.4 is 5.73 Å². The lowest BCUT2D eigenvalue weighted by atomic mass is 9.98. The van der Waals surface area contributed by atoms with E-state index in [4.69, 9.17) is 10.3 Å². The van der Waals surface area contributed by atoms with Crippen LogP contribution in [-0.4, -0.2) is 16.4 Å². The van der Waals surface area contributed by atoms with Crippen LogP contribution in [0.4, 0.5) is 5.69 Å². The standard InChI is InChI=1S/C13H17N3OS/c1-9(10-3-5-11(14)6-4-10)7-13-15-12(8-18-2)16-17-13/h3-6,9H,7-8,14H2,1-2H3. The lowest BCUT2D eigenvalue weighted by molar-refractivity contribution is 0.368. The molecular weight excluding hydrogens is 246 g/mol. The van der Waals surface area contributed by atoms with Crippen LogP contribution in [0.25, 0.3) is 0 Å². The second kappa shape index (κ2) is 5.91. The number of rotatable bonds is 5. The van der Waals surface area contributed by atoms with E-state index in [0.717, 1.165) is 23.7 Å². The van der Waals surface area contributed by atoms with Gasteiger partial charge in [-0.25, -0.2) is 0 Å². The predicted molar refractivity (Wildman–Crippen MR) is 74.5 cm³/mol. The van der Waals surface area contributed by atoms with Crippen LogP contribution in [0.3, 0.4) is 0 Å². The molecule has 18 heavy (non-hydrogen) atoms. The van der Waals surface area contributed by atoms with E-state index < -0.39 is 0 Å². The van der Waals surface area contributed by atoms with Crippen LogP contribution in [-0.2, 0) is 12.2 Å². The molecule has 1 heterocycles. The average Bonchev–Trinajstić information content (AvgIpc) is 2.78. The fourth-order valence-corrected chi connectivity index (χ4v) is 2.14. The van der Waals surface area contributed by atoms with Crippen molar-refractivity contribution in [3.8, 4) is 0 Å². The molecule has 1 unspecified atom stereocenters. The van der Waals surface area contributed by atoms with Gasteiger partial charge in [0, 0.05) is 12.1 Å². The summed E-state index contributed by atoms with van der Waals surface area (Å²) in [5.74, 6) is 2.60. The van der Waals surface area contributed by atoms with E-state index in [1.807, 2.05) is 30.5 Å². The van der Waals surface area contributed by atoms with E-state index in [1.54, 1.807) is 11.8 Å². The molecule has 96 valence electrons. The Morgan fingerprint density at radius 2 is 2.06 bits per heavy atom. The maximum absolute atomic E-state index is 5.67. The zero-order valence-electron chi connectivity index (χ0n) is 10.6. The van der Waals surface area contributed by atoms with Gasteiger partial charge < -0.3 is 10.3 Å². The monoisotopic (exact) mass is 263 g/mol. The molecule has 1 aromatic carbocycles.